The van der Waals surface area contributed by atoms with Gasteiger partial charge in [0.15, 0.2) is 5.84 Å². The molecule has 116 valence electrons. The van der Waals surface area contributed by atoms with Gasteiger partial charge in [-0.05, 0) is 13.3 Å². The molecule has 0 amide bonds. The average Bonchev–Trinajstić information content (AvgIpc) is 2.41. The van der Waals surface area contributed by atoms with Crippen molar-refractivity contribution in [2.45, 2.75) is 39.2 Å². The second-order valence-corrected chi connectivity index (χ2v) is 4.74. The Kier molecular flexibility index (Phi) is 6.74. The molecule has 0 aromatic carbocycles. The highest BCUT2D eigenvalue weighted by Crippen LogP contribution is 2.09. The third-order valence-electron chi connectivity index (χ3n) is 2.81. The molecule has 0 aromatic heterocycles. The Morgan fingerprint density at radius 3 is 2.86 bits per heavy atom. The van der Waals surface area contributed by atoms with Crippen molar-refractivity contribution >= 4 is 17.5 Å². The van der Waals surface area contributed by atoms with Crippen molar-refractivity contribution in [2.24, 2.45) is 20.7 Å². The summed E-state index contributed by atoms with van der Waals surface area (Å²) in [7, 11) is 0. The summed E-state index contributed by atoms with van der Waals surface area (Å²) in [6, 6.07) is -0.178. The molecular formula is C14H22FN5O. The van der Waals surface area contributed by atoms with Crippen molar-refractivity contribution < 1.29 is 9.50 Å². The van der Waals surface area contributed by atoms with Crippen LogP contribution in [0.3, 0.4) is 0 Å². The van der Waals surface area contributed by atoms with E-state index in [1.165, 1.54) is 6.92 Å². The minimum atomic E-state index is -0.443. The van der Waals surface area contributed by atoms with Gasteiger partial charge in [0.05, 0.1) is 24.5 Å². The Balaban J connectivity index is 2.97. The molecule has 0 aliphatic carbocycles. The quantitative estimate of drug-likeness (QED) is 0.695. The molecule has 0 bridgehead atoms. The van der Waals surface area contributed by atoms with Gasteiger partial charge in [-0.3, -0.25) is 0 Å². The molecule has 21 heavy (non-hydrogen) atoms. The Bertz CT molecular complexity index is 503. The second kappa shape index (κ2) is 8.31. The van der Waals surface area contributed by atoms with E-state index in [9.17, 15) is 9.50 Å². The number of nitrogens with zero attached hydrogens (tertiary/aromatic N) is 3. The van der Waals surface area contributed by atoms with Crippen molar-refractivity contribution in [3.8, 4) is 0 Å². The smallest absolute Gasteiger partial charge is 0.222 e. The van der Waals surface area contributed by atoms with Crippen LogP contribution < -0.4 is 11.1 Å². The molecule has 1 rings (SSSR count). The Labute approximate surface area is 124 Å². The van der Waals surface area contributed by atoms with Gasteiger partial charge >= 0.3 is 0 Å². The normalized spacial score (nSPS) is 19.3. The molecule has 0 radical (unpaired) electrons. The topological polar surface area (TPSA) is 95.4 Å². The predicted molar refractivity (Wildman–Crippen MR) is 84.0 cm³/mol. The number of guanidine groups is 1. The fourth-order valence-corrected chi connectivity index (χ4v) is 1.76. The average molecular weight is 295 g/mol. The van der Waals surface area contributed by atoms with Crippen LogP contribution in [0.4, 0.5) is 4.39 Å². The summed E-state index contributed by atoms with van der Waals surface area (Å²) < 4.78 is 12.8. The van der Waals surface area contributed by atoms with Gasteiger partial charge in [0.25, 0.3) is 0 Å². The molecule has 1 aliphatic heterocycles. The van der Waals surface area contributed by atoms with Gasteiger partial charge in [-0.2, -0.15) is 4.99 Å². The zero-order chi connectivity index (χ0) is 15.8. The van der Waals surface area contributed by atoms with E-state index in [0.717, 1.165) is 25.5 Å². The van der Waals surface area contributed by atoms with Crippen LogP contribution in [0.25, 0.3) is 0 Å². The van der Waals surface area contributed by atoms with Crippen molar-refractivity contribution in [3.63, 3.8) is 0 Å². The lowest BCUT2D eigenvalue weighted by Crippen LogP contribution is -2.44. The first-order valence-electron chi connectivity index (χ1n) is 6.87. The fraction of sp³-hybridized carbons (Fsp3) is 0.500. The summed E-state index contributed by atoms with van der Waals surface area (Å²) in [6.07, 6.45) is 3.83. The zero-order valence-corrected chi connectivity index (χ0v) is 12.4. The maximum absolute atomic E-state index is 12.8. The van der Waals surface area contributed by atoms with Crippen molar-refractivity contribution in [1.29, 1.82) is 0 Å². The van der Waals surface area contributed by atoms with E-state index in [1.54, 1.807) is 0 Å². The van der Waals surface area contributed by atoms with E-state index in [-0.39, 0.29) is 18.6 Å². The van der Waals surface area contributed by atoms with Gasteiger partial charge in [-0.1, -0.05) is 26.3 Å². The summed E-state index contributed by atoms with van der Waals surface area (Å²) in [5.41, 5.74) is 6.22. The minimum Gasteiger partial charge on any atom is -0.394 e. The van der Waals surface area contributed by atoms with Gasteiger partial charge in [0.2, 0.25) is 5.96 Å². The molecule has 0 saturated carbocycles. The maximum atomic E-state index is 12.8. The predicted octanol–water partition coefficient (Wildman–Crippen LogP) is 1.64. The number of nitrogens with one attached hydrogen (secondary N) is 1. The first-order chi connectivity index (χ1) is 9.97. The third-order valence-corrected chi connectivity index (χ3v) is 2.81. The maximum Gasteiger partial charge on any atom is 0.222 e. The molecule has 1 atom stereocenters. The largest absolute Gasteiger partial charge is 0.394 e. The number of unbranched alkanes of at least 4 members (excludes halogenated alkanes) is 1. The van der Waals surface area contributed by atoms with Crippen LogP contribution in [0.1, 0.15) is 33.1 Å². The van der Waals surface area contributed by atoms with E-state index in [1.807, 2.05) is 0 Å². The van der Waals surface area contributed by atoms with E-state index in [4.69, 9.17) is 5.73 Å². The molecule has 0 saturated heterocycles. The van der Waals surface area contributed by atoms with Gasteiger partial charge < -0.3 is 16.2 Å². The molecule has 1 heterocycles. The Hall–Kier alpha value is -2.02. The number of allylic oxidation sites excluding steroid dienone is 1. The number of hydrogen-bond acceptors (Lipinski definition) is 6. The van der Waals surface area contributed by atoms with Crippen molar-refractivity contribution in [3.05, 3.63) is 24.3 Å². The van der Waals surface area contributed by atoms with Crippen LogP contribution in [-0.2, 0) is 0 Å². The monoisotopic (exact) mass is 295 g/mol. The van der Waals surface area contributed by atoms with Gasteiger partial charge in [-0.15, -0.1) is 0 Å². The summed E-state index contributed by atoms with van der Waals surface area (Å²) >= 11 is 0. The van der Waals surface area contributed by atoms with Crippen LogP contribution in [0, 0.1) is 0 Å². The molecule has 0 spiro atoms. The summed E-state index contributed by atoms with van der Waals surface area (Å²) in [5.74, 6) is -0.0448. The minimum absolute atomic E-state index is 0.0478. The molecule has 0 fully saturated rings. The van der Waals surface area contributed by atoms with Gasteiger partial charge in [0.1, 0.15) is 11.5 Å². The number of rotatable bonds is 6. The highest BCUT2D eigenvalue weighted by Gasteiger charge is 2.20. The highest BCUT2D eigenvalue weighted by molar-refractivity contribution is 6.49. The summed E-state index contributed by atoms with van der Waals surface area (Å²) in [5, 5.41) is 12.5. The van der Waals surface area contributed by atoms with E-state index in [2.05, 4.69) is 33.8 Å². The number of aliphatic imine (C=N–C) groups is 3. The lowest BCUT2D eigenvalue weighted by molar-refractivity contribution is 0.247. The van der Waals surface area contributed by atoms with Crippen LogP contribution in [0.2, 0.25) is 0 Å². The van der Waals surface area contributed by atoms with Crippen molar-refractivity contribution in [1.82, 2.24) is 5.32 Å². The fourth-order valence-electron chi connectivity index (χ4n) is 1.76. The molecule has 7 heteroatoms. The van der Waals surface area contributed by atoms with Crippen LogP contribution in [-0.4, -0.2) is 35.3 Å². The molecular weight excluding hydrogens is 273 g/mol. The lowest BCUT2D eigenvalue weighted by Gasteiger charge is -2.21. The molecule has 6 nitrogen and oxygen atoms in total. The summed E-state index contributed by atoms with van der Waals surface area (Å²) in [6.45, 7) is 7.05. The van der Waals surface area contributed by atoms with Gasteiger partial charge in [-0.25, -0.2) is 14.4 Å². The second-order valence-electron chi connectivity index (χ2n) is 4.74. The molecule has 0 aromatic rings. The number of aliphatic hydroxyl groups excluding tert-OH is 1. The zero-order valence-electron chi connectivity index (χ0n) is 12.4. The SMILES string of the molecule is C=C1N=C(N)N=C(N[C@H](CO)CCCC)/C1=N/C=C(\C)F. The first kappa shape index (κ1) is 17.0. The number of amidine groups is 1. The van der Waals surface area contributed by atoms with Crippen molar-refractivity contribution in [2.75, 3.05) is 6.61 Å². The summed E-state index contributed by atoms with van der Waals surface area (Å²) in [4.78, 5) is 12.0. The van der Waals surface area contributed by atoms with Gasteiger partial charge in [0, 0.05) is 0 Å². The Morgan fingerprint density at radius 1 is 1.57 bits per heavy atom. The van der Waals surface area contributed by atoms with E-state index < -0.39 is 5.83 Å². The Morgan fingerprint density at radius 2 is 2.29 bits per heavy atom. The third kappa shape index (κ3) is 5.47. The highest BCUT2D eigenvalue weighted by atomic mass is 19.1. The first-order valence-corrected chi connectivity index (χ1v) is 6.87. The van der Waals surface area contributed by atoms with Crippen LogP contribution in [0.15, 0.2) is 39.3 Å². The molecule has 1 aliphatic rings. The number of aliphatic hydroxyl groups is 1. The number of nitrogens with two attached hydrogens (primary N) is 1. The lowest BCUT2D eigenvalue weighted by atomic mass is 10.1. The number of halogens is 1. The molecule has 0 unspecified atom stereocenters. The van der Waals surface area contributed by atoms with E-state index in [0.29, 0.717) is 17.2 Å². The van der Waals surface area contributed by atoms with Crippen LogP contribution >= 0.6 is 0 Å². The standard InChI is InChI=1S/C14H22FN5O/c1-4-5-6-11(8-21)19-13-12(17-7-9(2)15)10(3)18-14(16)20-13/h7,11,21H,3-6,8H2,1-2H3,(H3,16,18,19,20)/b9-7+,17-12+/t11-/m0/s1. The molecule has 4 N–H and O–H groups in total. The van der Waals surface area contributed by atoms with Crippen LogP contribution in [0.5, 0.6) is 0 Å². The van der Waals surface area contributed by atoms with E-state index >= 15 is 0 Å². The number of hydrogen-bond donors (Lipinski definition) is 3.